The Kier molecular flexibility index (Phi) is 4.40. The van der Waals surface area contributed by atoms with E-state index in [1.54, 1.807) is 43.9 Å². The number of carbonyl (C=O) groups is 1. The predicted molar refractivity (Wildman–Crippen MR) is 86.7 cm³/mol. The first kappa shape index (κ1) is 16.3. The number of carbonyl (C=O) groups excluding carboxylic acids is 1. The molecule has 1 aliphatic carbocycles. The molecule has 0 aliphatic heterocycles. The van der Waals surface area contributed by atoms with Gasteiger partial charge >= 0.3 is 0 Å². The van der Waals surface area contributed by atoms with Gasteiger partial charge in [0, 0.05) is 23.9 Å². The van der Waals surface area contributed by atoms with Crippen LogP contribution in [-0.2, 0) is 4.79 Å². The average Bonchev–Trinajstić information content (AvgIpc) is 3.02. The molecule has 0 bridgehead atoms. The van der Waals surface area contributed by atoms with Crippen LogP contribution in [0.1, 0.15) is 34.9 Å². The molecule has 3 rings (SSSR count). The van der Waals surface area contributed by atoms with E-state index in [1.807, 2.05) is 6.07 Å². The molecule has 1 aliphatic rings. The number of hydroxylamine groups is 1. The topological polar surface area (TPSA) is 75.1 Å². The van der Waals surface area contributed by atoms with Gasteiger partial charge in [0.15, 0.2) is 0 Å². The van der Waals surface area contributed by atoms with E-state index in [1.165, 1.54) is 6.07 Å². The minimum absolute atomic E-state index is 0.246. The SMILES string of the molecule is Cc1ncc(C2=CC(C(=O)NO)C(c3cccc(F)c3C)C2)cn1. The van der Waals surface area contributed by atoms with E-state index in [2.05, 4.69) is 9.97 Å². The van der Waals surface area contributed by atoms with Crippen molar-refractivity contribution in [2.45, 2.75) is 26.2 Å². The third-order valence-corrected chi connectivity index (χ3v) is 4.53. The van der Waals surface area contributed by atoms with Crippen LogP contribution < -0.4 is 5.48 Å². The van der Waals surface area contributed by atoms with Crippen molar-refractivity contribution in [3.63, 3.8) is 0 Å². The normalized spacial score (nSPS) is 19.9. The molecule has 124 valence electrons. The van der Waals surface area contributed by atoms with Gasteiger partial charge in [-0.05, 0) is 43.0 Å². The molecule has 2 atom stereocenters. The van der Waals surface area contributed by atoms with Crippen molar-refractivity contribution in [2.24, 2.45) is 5.92 Å². The van der Waals surface area contributed by atoms with E-state index < -0.39 is 11.8 Å². The highest BCUT2D eigenvalue weighted by atomic mass is 19.1. The number of benzene rings is 1. The second kappa shape index (κ2) is 6.49. The van der Waals surface area contributed by atoms with Crippen LogP contribution in [0.4, 0.5) is 4.39 Å². The standard InChI is InChI=1S/C18H18FN3O2/c1-10-14(4-3-5-17(10)19)15-6-12(7-16(15)18(23)22-24)13-8-20-11(2)21-9-13/h3-5,7-9,15-16,24H,6H2,1-2H3,(H,22,23). The number of amides is 1. The van der Waals surface area contributed by atoms with Crippen molar-refractivity contribution in [3.8, 4) is 0 Å². The summed E-state index contributed by atoms with van der Waals surface area (Å²) in [6.45, 7) is 3.50. The van der Waals surface area contributed by atoms with Crippen LogP contribution in [0.5, 0.6) is 0 Å². The zero-order valence-corrected chi connectivity index (χ0v) is 13.5. The first-order valence-corrected chi connectivity index (χ1v) is 7.70. The van der Waals surface area contributed by atoms with Gasteiger partial charge in [0.05, 0.1) is 5.92 Å². The number of hydrogen-bond donors (Lipinski definition) is 2. The molecule has 1 amide bonds. The summed E-state index contributed by atoms with van der Waals surface area (Å²) in [4.78, 5) is 20.5. The minimum Gasteiger partial charge on any atom is -0.289 e. The highest BCUT2D eigenvalue weighted by Gasteiger charge is 2.35. The van der Waals surface area contributed by atoms with E-state index in [0.29, 0.717) is 17.8 Å². The molecule has 2 aromatic rings. The zero-order chi connectivity index (χ0) is 17.3. The highest BCUT2D eigenvalue weighted by molar-refractivity contribution is 5.86. The lowest BCUT2D eigenvalue weighted by atomic mass is 9.84. The largest absolute Gasteiger partial charge is 0.289 e. The summed E-state index contributed by atoms with van der Waals surface area (Å²) in [7, 11) is 0. The highest BCUT2D eigenvalue weighted by Crippen LogP contribution is 2.43. The van der Waals surface area contributed by atoms with Crippen molar-refractivity contribution < 1.29 is 14.4 Å². The Labute approximate surface area is 139 Å². The molecule has 1 aromatic carbocycles. The molecule has 24 heavy (non-hydrogen) atoms. The number of rotatable bonds is 3. The molecule has 5 nitrogen and oxygen atoms in total. The third-order valence-electron chi connectivity index (χ3n) is 4.53. The maximum Gasteiger partial charge on any atom is 0.250 e. The Morgan fingerprint density at radius 1 is 1.29 bits per heavy atom. The number of halogens is 1. The van der Waals surface area contributed by atoms with Crippen LogP contribution in [0, 0.1) is 25.6 Å². The lowest BCUT2D eigenvalue weighted by Gasteiger charge is -2.20. The first-order valence-electron chi connectivity index (χ1n) is 7.70. The Hall–Kier alpha value is -2.60. The summed E-state index contributed by atoms with van der Waals surface area (Å²) < 4.78 is 13.9. The third kappa shape index (κ3) is 2.92. The van der Waals surface area contributed by atoms with Crippen molar-refractivity contribution >= 4 is 11.5 Å². The quantitative estimate of drug-likeness (QED) is 0.671. The van der Waals surface area contributed by atoms with E-state index in [4.69, 9.17) is 5.21 Å². The molecule has 2 unspecified atom stereocenters. The molecule has 0 saturated carbocycles. The van der Waals surface area contributed by atoms with Gasteiger partial charge in [0.25, 0.3) is 5.91 Å². The fourth-order valence-corrected chi connectivity index (χ4v) is 3.20. The van der Waals surface area contributed by atoms with E-state index in [-0.39, 0.29) is 11.7 Å². The number of hydrogen-bond acceptors (Lipinski definition) is 4. The maximum absolute atomic E-state index is 13.9. The van der Waals surface area contributed by atoms with Crippen molar-refractivity contribution in [1.82, 2.24) is 15.4 Å². The summed E-state index contributed by atoms with van der Waals surface area (Å²) in [5, 5.41) is 9.05. The number of allylic oxidation sites excluding steroid dienone is 1. The van der Waals surface area contributed by atoms with Gasteiger partial charge in [-0.3, -0.25) is 10.0 Å². The molecule has 1 aromatic heterocycles. The second-order valence-electron chi connectivity index (χ2n) is 5.98. The van der Waals surface area contributed by atoms with Gasteiger partial charge in [-0.15, -0.1) is 0 Å². The molecule has 1 heterocycles. The van der Waals surface area contributed by atoms with Gasteiger partial charge in [0.1, 0.15) is 11.6 Å². The van der Waals surface area contributed by atoms with Crippen molar-refractivity contribution in [3.05, 3.63) is 65.0 Å². The summed E-state index contributed by atoms with van der Waals surface area (Å²) >= 11 is 0. The van der Waals surface area contributed by atoms with E-state index in [9.17, 15) is 9.18 Å². The zero-order valence-electron chi connectivity index (χ0n) is 13.5. The van der Waals surface area contributed by atoms with Crippen LogP contribution in [0.2, 0.25) is 0 Å². The summed E-state index contributed by atoms with van der Waals surface area (Å²) in [5.74, 6) is -0.968. The molecule has 6 heteroatoms. The van der Waals surface area contributed by atoms with Gasteiger partial charge < -0.3 is 0 Å². The molecule has 0 saturated heterocycles. The van der Waals surface area contributed by atoms with Gasteiger partial charge in [-0.25, -0.2) is 19.8 Å². The molecular weight excluding hydrogens is 309 g/mol. The average molecular weight is 327 g/mol. The number of aromatic nitrogens is 2. The Bertz CT molecular complexity index is 802. The Balaban J connectivity index is 2.00. The number of nitrogens with zero attached hydrogens (tertiary/aromatic N) is 2. The molecule has 2 N–H and O–H groups in total. The van der Waals surface area contributed by atoms with Crippen molar-refractivity contribution in [2.75, 3.05) is 0 Å². The number of nitrogens with one attached hydrogen (secondary N) is 1. The van der Waals surface area contributed by atoms with E-state index >= 15 is 0 Å². The lowest BCUT2D eigenvalue weighted by molar-refractivity contribution is -0.132. The van der Waals surface area contributed by atoms with Crippen LogP contribution in [-0.4, -0.2) is 21.1 Å². The van der Waals surface area contributed by atoms with Crippen LogP contribution in [0.15, 0.2) is 36.7 Å². The van der Waals surface area contributed by atoms with Gasteiger partial charge in [0.2, 0.25) is 0 Å². The van der Waals surface area contributed by atoms with Crippen LogP contribution in [0.3, 0.4) is 0 Å². The Morgan fingerprint density at radius 3 is 2.67 bits per heavy atom. The monoisotopic (exact) mass is 327 g/mol. The molecule has 0 spiro atoms. The van der Waals surface area contributed by atoms with Gasteiger partial charge in [-0.1, -0.05) is 18.2 Å². The fourth-order valence-electron chi connectivity index (χ4n) is 3.20. The van der Waals surface area contributed by atoms with Gasteiger partial charge in [-0.2, -0.15) is 0 Å². The minimum atomic E-state index is -0.577. The maximum atomic E-state index is 13.9. The van der Waals surface area contributed by atoms with E-state index in [0.717, 1.165) is 16.7 Å². The molecule has 0 fully saturated rings. The summed E-state index contributed by atoms with van der Waals surface area (Å²) in [6, 6.07) is 4.86. The van der Waals surface area contributed by atoms with Crippen LogP contribution in [0.25, 0.3) is 5.57 Å². The van der Waals surface area contributed by atoms with Crippen molar-refractivity contribution in [1.29, 1.82) is 0 Å². The summed E-state index contributed by atoms with van der Waals surface area (Å²) in [5.41, 5.74) is 4.74. The molecular formula is C18H18FN3O2. The summed E-state index contributed by atoms with van der Waals surface area (Å²) in [6.07, 6.45) is 5.77. The first-order chi connectivity index (χ1) is 11.5. The lowest BCUT2D eigenvalue weighted by Crippen LogP contribution is -2.29. The predicted octanol–water partition coefficient (Wildman–Crippen LogP) is 2.93. The number of aryl methyl sites for hydroxylation is 1. The van der Waals surface area contributed by atoms with Crippen LogP contribution >= 0.6 is 0 Å². The Morgan fingerprint density at radius 2 is 2.00 bits per heavy atom. The second-order valence-corrected chi connectivity index (χ2v) is 5.98. The smallest absolute Gasteiger partial charge is 0.250 e. The molecule has 0 radical (unpaired) electrons. The fraction of sp³-hybridized carbons (Fsp3) is 0.278.